The van der Waals surface area contributed by atoms with Gasteiger partial charge in [-0.1, -0.05) is 30.3 Å². The van der Waals surface area contributed by atoms with Gasteiger partial charge in [-0.05, 0) is 38.0 Å². The lowest BCUT2D eigenvalue weighted by Crippen LogP contribution is -2.29. The van der Waals surface area contributed by atoms with Gasteiger partial charge >= 0.3 is 0 Å². The molecule has 0 spiro atoms. The molecule has 1 aromatic heterocycles. The van der Waals surface area contributed by atoms with Gasteiger partial charge in [0.2, 0.25) is 0 Å². The molecule has 0 saturated heterocycles. The first-order valence-electron chi connectivity index (χ1n) is 6.25. The molecule has 1 aromatic carbocycles. The molecule has 0 atom stereocenters. The van der Waals surface area contributed by atoms with Crippen molar-refractivity contribution in [1.82, 2.24) is 4.98 Å². The second-order valence-electron chi connectivity index (χ2n) is 5.32. The molecule has 1 aliphatic heterocycles. The predicted molar refractivity (Wildman–Crippen MR) is 81.3 cm³/mol. The first-order chi connectivity index (χ1) is 8.66. The van der Waals surface area contributed by atoms with Crippen LogP contribution in [0.15, 0.2) is 53.7 Å². The minimum Gasteiger partial charge on any atom is -0.276 e. The third-order valence-corrected chi connectivity index (χ3v) is 3.22. The maximum atomic E-state index is 4.88. The van der Waals surface area contributed by atoms with Crippen LogP contribution in [-0.2, 0) is 6.42 Å². The summed E-state index contributed by atoms with van der Waals surface area (Å²) in [6.07, 6.45) is 2.81. The van der Waals surface area contributed by atoms with Crippen LogP contribution in [0.2, 0.25) is 0 Å². The van der Waals surface area contributed by atoms with E-state index in [4.69, 9.17) is 4.99 Å². The molecule has 98 valence electrons. The lowest BCUT2D eigenvalue weighted by molar-refractivity contribution is 0.513. The summed E-state index contributed by atoms with van der Waals surface area (Å²) in [6.45, 7) is 4.34. The van der Waals surface area contributed by atoms with Crippen molar-refractivity contribution < 1.29 is 0 Å². The van der Waals surface area contributed by atoms with Crippen LogP contribution in [0.1, 0.15) is 30.7 Å². The van der Waals surface area contributed by atoms with Crippen LogP contribution in [0, 0.1) is 0 Å². The standard InChI is InChI=1S/C16H16N2.ClH/c1-16(2)11-12-7-3-4-8-13(12)15(18-16)14-9-5-6-10-17-14;/h3-10H,11H2,1-2H3;1H. The number of pyridine rings is 1. The molecule has 0 saturated carbocycles. The van der Waals surface area contributed by atoms with E-state index in [1.165, 1.54) is 11.1 Å². The Morgan fingerprint density at radius 1 is 1.00 bits per heavy atom. The van der Waals surface area contributed by atoms with Gasteiger partial charge in [-0.25, -0.2) is 0 Å². The van der Waals surface area contributed by atoms with Crippen LogP contribution >= 0.6 is 12.4 Å². The maximum Gasteiger partial charge on any atom is 0.0912 e. The van der Waals surface area contributed by atoms with E-state index in [0.29, 0.717) is 0 Å². The van der Waals surface area contributed by atoms with Crippen LogP contribution in [0.5, 0.6) is 0 Å². The first kappa shape index (κ1) is 13.8. The molecule has 1 aliphatic rings. The maximum absolute atomic E-state index is 4.88. The summed E-state index contributed by atoms with van der Waals surface area (Å²) in [5, 5.41) is 0. The highest BCUT2D eigenvalue weighted by atomic mass is 35.5. The van der Waals surface area contributed by atoms with E-state index in [-0.39, 0.29) is 17.9 Å². The molecule has 0 N–H and O–H groups in total. The summed E-state index contributed by atoms with van der Waals surface area (Å²) in [4.78, 5) is 9.32. The Kier molecular flexibility index (Phi) is 3.72. The van der Waals surface area contributed by atoms with Crippen LogP contribution < -0.4 is 0 Å². The molecule has 0 amide bonds. The quantitative estimate of drug-likeness (QED) is 0.777. The lowest BCUT2D eigenvalue weighted by Gasteiger charge is -2.28. The highest BCUT2D eigenvalue weighted by Gasteiger charge is 2.27. The fraction of sp³-hybridized carbons (Fsp3) is 0.250. The molecule has 3 heteroatoms. The third kappa shape index (κ3) is 2.69. The van der Waals surface area contributed by atoms with Gasteiger partial charge in [0, 0.05) is 11.8 Å². The number of benzene rings is 1. The largest absolute Gasteiger partial charge is 0.276 e. The summed E-state index contributed by atoms with van der Waals surface area (Å²) in [7, 11) is 0. The van der Waals surface area contributed by atoms with E-state index in [0.717, 1.165) is 17.8 Å². The zero-order valence-electron chi connectivity index (χ0n) is 11.1. The molecular weight excluding hydrogens is 256 g/mol. The van der Waals surface area contributed by atoms with Gasteiger partial charge in [0.25, 0.3) is 0 Å². The van der Waals surface area contributed by atoms with E-state index in [9.17, 15) is 0 Å². The van der Waals surface area contributed by atoms with Crippen molar-refractivity contribution in [1.29, 1.82) is 0 Å². The first-order valence-corrected chi connectivity index (χ1v) is 6.25. The summed E-state index contributed by atoms with van der Waals surface area (Å²) >= 11 is 0. The van der Waals surface area contributed by atoms with E-state index in [1.54, 1.807) is 0 Å². The van der Waals surface area contributed by atoms with Gasteiger partial charge in [0.1, 0.15) is 0 Å². The van der Waals surface area contributed by atoms with E-state index in [2.05, 4.69) is 43.1 Å². The molecule has 2 aromatic rings. The van der Waals surface area contributed by atoms with Gasteiger partial charge in [-0.2, -0.15) is 0 Å². The minimum atomic E-state index is -0.0544. The summed E-state index contributed by atoms with van der Waals surface area (Å²) in [6, 6.07) is 14.5. The summed E-state index contributed by atoms with van der Waals surface area (Å²) in [5.41, 5.74) is 4.50. The Hall–Kier alpha value is -1.67. The Morgan fingerprint density at radius 3 is 2.47 bits per heavy atom. The zero-order chi connectivity index (χ0) is 12.6. The number of rotatable bonds is 1. The predicted octanol–water partition coefficient (Wildman–Crippen LogP) is 3.68. The van der Waals surface area contributed by atoms with Crippen molar-refractivity contribution in [3.8, 4) is 0 Å². The average molecular weight is 273 g/mol. The Morgan fingerprint density at radius 2 is 1.74 bits per heavy atom. The number of hydrogen-bond donors (Lipinski definition) is 0. The molecular formula is C16H17ClN2. The molecule has 0 radical (unpaired) electrons. The van der Waals surface area contributed by atoms with Gasteiger partial charge in [0.05, 0.1) is 16.9 Å². The molecule has 19 heavy (non-hydrogen) atoms. The SMILES string of the molecule is CC1(C)Cc2ccccc2C(c2ccccn2)=N1.Cl. The molecule has 0 aliphatic carbocycles. The number of aromatic nitrogens is 1. The highest BCUT2D eigenvalue weighted by molar-refractivity contribution is 6.13. The molecule has 3 rings (SSSR count). The van der Waals surface area contributed by atoms with Gasteiger partial charge in [-0.3, -0.25) is 9.98 Å². The number of halogens is 1. The molecule has 0 fully saturated rings. The van der Waals surface area contributed by atoms with Crippen LogP contribution in [-0.4, -0.2) is 16.2 Å². The van der Waals surface area contributed by atoms with E-state index in [1.807, 2.05) is 24.4 Å². The van der Waals surface area contributed by atoms with Crippen molar-refractivity contribution >= 4 is 18.1 Å². The zero-order valence-corrected chi connectivity index (χ0v) is 11.9. The number of hydrogen-bond acceptors (Lipinski definition) is 2. The fourth-order valence-electron chi connectivity index (χ4n) is 2.47. The van der Waals surface area contributed by atoms with Crippen molar-refractivity contribution in [2.75, 3.05) is 0 Å². The Labute approximate surface area is 120 Å². The summed E-state index contributed by atoms with van der Waals surface area (Å²) in [5.74, 6) is 0. The van der Waals surface area contributed by atoms with Gasteiger partial charge in [0.15, 0.2) is 0 Å². The second-order valence-corrected chi connectivity index (χ2v) is 5.32. The van der Waals surface area contributed by atoms with Crippen LogP contribution in [0.4, 0.5) is 0 Å². The third-order valence-electron chi connectivity index (χ3n) is 3.22. The molecule has 0 bridgehead atoms. The molecule has 2 heterocycles. The van der Waals surface area contributed by atoms with Gasteiger partial charge in [-0.15, -0.1) is 12.4 Å². The van der Waals surface area contributed by atoms with Gasteiger partial charge < -0.3 is 0 Å². The van der Waals surface area contributed by atoms with Crippen LogP contribution in [0.25, 0.3) is 0 Å². The van der Waals surface area contributed by atoms with Crippen molar-refractivity contribution in [2.24, 2.45) is 4.99 Å². The van der Waals surface area contributed by atoms with E-state index < -0.39 is 0 Å². The Bertz CT molecular complexity index is 603. The lowest BCUT2D eigenvalue weighted by atomic mass is 9.86. The molecule has 0 unspecified atom stereocenters. The second kappa shape index (κ2) is 5.14. The van der Waals surface area contributed by atoms with Crippen molar-refractivity contribution in [2.45, 2.75) is 25.8 Å². The fourth-order valence-corrected chi connectivity index (χ4v) is 2.47. The van der Waals surface area contributed by atoms with Crippen molar-refractivity contribution in [3.05, 3.63) is 65.5 Å². The summed E-state index contributed by atoms with van der Waals surface area (Å²) < 4.78 is 0. The number of fused-ring (bicyclic) bond motifs is 1. The smallest absolute Gasteiger partial charge is 0.0912 e. The van der Waals surface area contributed by atoms with Crippen LogP contribution in [0.3, 0.4) is 0 Å². The normalized spacial score (nSPS) is 16.0. The average Bonchev–Trinajstić information content (AvgIpc) is 2.38. The number of aliphatic imine (C=N–C) groups is 1. The van der Waals surface area contributed by atoms with Crippen molar-refractivity contribution in [3.63, 3.8) is 0 Å². The monoisotopic (exact) mass is 272 g/mol. The van der Waals surface area contributed by atoms with E-state index >= 15 is 0 Å². The minimum absolute atomic E-state index is 0. The topological polar surface area (TPSA) is 25.2 Å². The number of nitrogens with zero attached hydrogens (tertiary/aromatic N) is 2. The highest BCUT2D eigenvalue weighted by Crippen LogP contribution is 2.28. The molecule has 2 nitrogen and oxygen atoms in total. The Balaban J connectivity index is 0.00000133.